The lowest BCUT2D eigenvalue weighted by molar-refractivity contribution is 0.304. The molecule has 2 unspecified atom stereocenters. The number of benzene rings is 1. The summed E-state index contributed by atoms with van der Waals surface area (Å²) in [6.07, 6.45) is 5.97. The molecule has 1 aromatic heterocycles. The van der Waals surface area contributed by atoms with E-state index in [-0.39, 0.29) is 0 Å². The van der Waals surface area contributed by atoms with E-state index in [4.69, 9.17) is 4.42 Å². The van der Waals surface area contributed by atoms with E-state index in [1.54, 1.807) is 12.5 Å². The first-order valence-corrected chi connectivity index (χ1v) is 6.96. The van der Waals surface area contributed by atoms with Crippen molar-refractivity contribution in [1.82, 2.24) is 10.6 Å². The first kappa shape index (κ1) is 12.5. The Hall–Kier alpha value is -1.58. The Morgan fingerprint density at radius 1 is 1.21 bits per heavy atom. The van der Waals surface area contributed by atoms with Crippen molar-refractivity contribution < 1.29 is 4.42 Å². The maximum Gasteiger partial charge on any atom is 0.0947 e. The molecule has 2 aromatic rings. The third-order valence-electron chi connectivity index (χ3n) is 3.77. The van der Waals surface area contributed by atoms with E-state index in [0.29, 0.717) is 12.1 Å². The third-order valence-corrected chi connectivity index (χ3v) is 3.77. The predicted octanol–water partition coefficient (Wildman–Crippen LogP) is 2.86. The van der Waals surface area contributed by atoms with E-state index in [2.05, 4.69) is 41.0 Å². The standard InChI is InChI=1S/C16H20N2O/c1-2-5-14(6-3-1)16-15(7-4-9-17-16)18-11-13-8-10-19-12-13/h1-3,5-6,8,10,12,15-18H,4,7,9,11H2. The quantitative estimate of drug-likeness (QED) is 0.883. The monoisotopic (exact) mass is 256 g/mol. The minimum Gasteiger partial charge on any atom is -0.472 e. The van der Waals surface area contributed by atoms with Crippen LogP contribution in [0.25, 0.3) is 0 Å². The molecule has 0 spiro atoms. The largest absolute Gasteiger partial charge is 0.472 e. The van der Waals surface area contributed by atoms with Gasteiger partial charge in [0, 0.05) is 24.2 Å². The summed E-state index contributed by atoms with van der Waals surface area (Å²) in [4.78, 5) is 0. The van der Waals surface area contributed by atoms with Gasteiger partial charge in [0.05, 0.1) is 12.5 Å². The second-order valence-electron chi connectivity index (χ2n) is 5.10. The number of hydrogen-bond acceptors (Lipinski definition) is 3. The third kappa shape index (κ3) is 3.06. The Bertz CT molecular complexity index is 481. The van der Waals surface area contributed by atoms with Crippen LogP contribution in [-0.2, 0) is 6.54 Å². The van der Waals surface area contributed by atoms with Gasteiger partial charge in [-0.15, -0.1) is 0 Å². The van der Waals surface area contributed by atoms with Crippen LogP contribution in [0.2, 0.25) is 0 Å². The Kier molecular flexibility index (Phi) is 3.96. The first-order chi connectivity index (χ1) is 9.43. The van der Waals surface area contributed by atoms with Crippen molar-refractivity contribution >= 4 is 0 Å². The molecule has 19 heavy (non-hydrogen) atoms. The summed E-state index contributed by atoms with van der Waals surface area (Å²) in [6.45, 7) is 1.97. The number of rotatable bonds is 4. The lowest BCUT2D eigenvalue weighted by Gasteiger charge is -2.33. The Labute approximate surface area is 114 Å². The van der Waals surface area contributed by atoms with Crippen molar-refractivity contribution in [2.24, 2.45) is 0 Å². The van der Waals surface area contributed by atoms with Gasteiger partial charge in [-0.05, 0) is 31.0 Å². The molecule has 3 nitrogen and oxygen atoms in total. The average molecular weight is 256 g/mol. The summed E-state index contributed by atoms with van der Waals surface area (Å²) in [6, 6.07) is 13.6. The second kappa shape index (κ2) is 6.04. The highest BCUT2D eigenvalue weighted by molar-refractivity contribution is 5.21. The molecular formula is C16H20N2O. The van der Waals surface area contributed by atoms with Crippen LogP contribution in [0.5, 0.6) is 0 Å². The van der Waals surface area contributed by atoms with Crippen LogP contribution >= 0.6 is 0 Å². The van der Waals surface area contributed by atoms with Crippen LogP contribution in [-0.4, -0.2) is 12.6 Å². The van der Waals surface area contributed by atoms with Crippen molar-refractivity contribution in [2.75, 3.05) is 6.54 Å². The van der Waals surface area contributed by atoms with Crippen LogP contribution in [0.15, 0.2) is 53.3 Å². The molecule has 1 aliphatic heterocycles. The molecule has 3 heteroatoms. The highest BCUT2D eigenvalue weighted by atomic mass is 16.3. The van der Waals surface area contributed by atoms with Gasteiger partial charge in [-0.2, -0.15) is 0 Å². The molecule has 3 rings (SSSR count). The second-order valence-corrected chi connectivity index (χ2v) is 5.10. The molecule has 1 saturated heterocycles. The highest BCUT2D eigenvalue weighted by Gasteiger charge is 2.25. The van der Waals surface area contributed by atoms with Crippen LogP contribution in [0.1, 0.15) is 30.0 Å². The predicted molar refractivity (Wildman–Crippen MR) is 75.8 cm³/mol. The minimum atomic E-state index is 0.404. The average Bonchev–Trinajstić information content (AvgIpc) is 3.00. The van der Waals surface area contributed by atoms with E-state index in [1.807, 2.05) is 6.07 Å². The summed E-state index contributed by atoms with van der Waals surface area (Å²) in [5, 5.41) is 7.28. The molecule has 0 radical (unpaired) electrons. The van der Waals surface area contributed by atoms with Crippen LogP contribution in [0.3, 0.4) is 0 Å². The maximum absolute atomic E-state index is 5.11. The Morgan fingerprint density at radius 3 is 2.89 bits per heavy atom. The summed E-state index contributed by atoms with van der Waals surface area (Å²) < 4.78 is 5.11. The van der Waals surface area contributed by atoms with Gasteiger partial charge in [0.1, 0.15) is 0 Å². The molecule has 0 aliphatic carbocycles. The number of nitrogens with one attached hydrogen (secondary N) is 2. The molecule has 0 saturated carbocycles. The summed E-state index contributed by atoms with van der Waals surface area (Å²) in [7, 11) is 0. The van der Waals surface area contributed by atoms with E-state index >= 15 is 0 Å². The molecule has 0 bridgehead atoms. The van der Waals surface area contributed by atoms with Crippen molar-refractivity contribution in [3.8, 4) is 0 Å². The number of piperidine rings is 1. The van der Waals surface area contributed by atoms with Gasteiger partial charge in [0.25, 0.3) is 0 Å². The van der Waals surface area contributed by atoms with Crippen molar-refractivity contribution in [3.05, 3.63) is 60.1 Å². The van der Waals surface area contributed by atoms with Crippen LogP contribution in [0.4, 0.5) is 0 Å². The fourth-order valence-electron chi connectivity index (χ4n) is 2.76. The van der Waals surface area contributed by atoms with Gasteiger partial charge in [-0.1, -0.05) is 30.3 Å². The Balaban J connectivity index is 1.67. The van der Waals surface area contributed by atoms with Crippen molar-refractivity contribution in [2.45, 2.75) is 31.5 Å². The molecule has 1 fully saturated rings. The number of furan rings is 1. The van der Waals surface area contributed by atoms with Gasteiger partial charge in [0.2, 0.25) is 0 Å². The molecule has 2 heterocycles. The zero-order valence-corrected chi connectivity index (χ0v) is 11.0. The molecular weight excluding hydrogens is 236 g/mol. The van der Waals surface area contributed by atoms with Gasteiger partial charge in [-0.25, -0.2) is 0 Å². The lowest BCUT2D eigenvalue weighted by atomic mass is 9.92. The van der Waals surface area contributed by atoms with Crippen LogP contribution < -0.4 is 10.6 Å². The van der Waals surface area contributed by atoms with E-state index in [9.17, 15) is 0 Å². The molecule has 1 aliphatic rings. The molecule has 1 aromatic carbocycles. The highest BCUT2D eigenvalue weighted by Crippen LogP contribution is 2.23. The molecule has 0 amide bonds. The topological polar surface area (TPSA) is 37.2 Å². The van der Waals surface area contributed by atoms with Crippen LogP contribution in [0, 0.1) is 0 Å². The van der Waals surface area contributed by atoms with E-state index in [0.717, 1.165) is 13.1 Å². The van der Waals surface area contributed by atoms with Crippen molar-refractivity contribution in [3.63, 3.8) is 0 Å². The molecule has 2 atom stereocenters. The van der Waals surface area contributed by atoms with E-state index in [1.165, 1.54) is 24.0 Å². The summed E-state index contributed by atoms with van der Waals surface area (Å²) in [5.74, 6) is 0. The van der Waals surface area contributed by atoms with Crippen molar-refractivity contribution in [1.29, 1.82) is 0 Å². The smallest absolute Gasteiger partial charge is 0.0947 e. The van der Waals surface area contributed by atoms with E-state index < -0.39 is 0 Å². The fourth-order valence-corrected chi connectivity index (χ4v) is 2.76. The van der Waals surface area contributed by atoms with Gasteiger partial charge in [0.15, 0.2) is 0 Å². The van der Waals surface area contributed by atoms with Gasteiger partial charge in [-0.3, -0.25) is 0 Å². The number of hydrogen-bond donors (Lipinski definition) is 2. The molecule has 100 valence electrons. The molecule has 2 N–H and O–H groups in total. The fraction of sp³-hybridized carbons (Fsp3) is 0.375. The first-order valence-electron chi connectivity index (χ1n) is 6.96. The lowest BCUT2D eigenvalue weighted by Crippen LogP contribution is -2.45. The zero-order valence-electron chi connectivity index (χ0n) is 11.0. The van der Waals surface area contributed by atoms with Gasteiger partial charge < -0.3 is 15.1 Å². The summed E-state index contributed by atoms with van der Waals surface area (Å²) >= 11 is 0. The minimum absolute atomic E-state index is 0.404. The summed E-state index contributed by atoms with van der Waals surface area (Å²) in [5.41, 5.74) is 2.57. The Morgan fingerprint density at radius 2 is 2.11 bits per heavy atom. The zero-order chi connectivity index (χ0) is 12.9. The normalized spacial score (nSPS) is 23.4. The SMILES string of the molecule is c1ccc(C2NCCCC2NCc2ccoc2)cc1. The maximum atomic E-state index is 5.11. The van der Waals surface area contributed by atoms with Gasteiger partial charge >= 0.3 is 0 Å².